The molecule has 1 saturated heterocycles. The van der Waals surface area contributed by atoms with E-state index in [0.29, 0.717) is 12.2 Å². The number of ether oxygens (including phenoxy) is 1. The molecule has 0 bridgehead atoms. The number of hydrogen-bond acceptors (Lipinski definition) is 1. The molecule has 1 nitrogen and oxygen atoms in total. The Morgan fingerprint density at radius 1 is 1.17 bits per heavy atom. The van der Waals surface area contributed by atoms with Crippen molar-refractivity contribution in [3.8, 4) is 0 Å². The van der Waals surface area contributed by atoms with Crippen molar-refractivity contribution in [3.63, 3.8) is 0 Å². The van der Waals surface area contributed by atoms with Gasteiger partial charge in [0.2, 0.25) is 0 Å². The van der Waals surface area contributed by atoms with Gasteiger partial charge in [-0.1, -0.05) is 31.4 Å². The molecule has 2 rings (SSSR count). The molecule has 0 unspecified atom stereocenters. The zero-order chi connectivity index (χ0) is 8.39. The van der Waals surface area contributed by atoms with Crippen molar-refractivity contribution in [2.45, 2.75) is 51.2 Å². The lowest BCUT2D eigenvalue weighted by Gasteiger charge is -2.19. The van der Waals surface area contributed by atoms with E-state index in [1.807, 2.05) is 0 Å². The first-order valence-electron chi connectivity index (χ1n) is 5.20. The molecule has 1 saturated carbocycles. The van der Waals surface area contributed by atoms with Crippen LogP contribution in [0.25, 0.3) is 0 Å². The number of allylic oxidation sites excluding steroid dienone is 1. The van der Waals surface area contributed by atoms with Crippen molar-refractivity contribution in [2.24, 2.45) is 5.92 Å². The molecular weight excluding hydrogens is 148 g/mol. The zero-order valence-electron chi connectivity index (χ0n) is 7.83. The van der Waals surface area contributed by atoms with Crippen LogP contribution in [-0.2, 0) is 4.74 Å². The van der Waals surface area contributed by atoms with Gasteiger partial charge in [-0.05, 0) is 25.7 Å². The molecule has 0 amide bonds. The average Bonchev–Trinajstić information content (AvgIpc) is 2.87. The Balaban J connectivity index is 1.79. The summed E-state index contributed by atoms with van der Waals surface area (Å²) in [5.41, 5.74) is 0. The Bertz CT molecular complexity index is 168. The Kier molecular flexibility index (Phi) is 2.50. The summed E-state index contributed by atoms with van der Waals surface area (Å²) in [5, 5.41) is 0. The molecule has 1 aliphatic heterocycles. The Morgan fingerprint density at radius 2 is 1.92 bits per heavy atom. The van der Waals surface area contributed by atoms with Gasteiger partial charge in [0.1, 0.15) is 6.10 Å². The third-order valence-electron chi connectivity index (χ3n) is 3.06. The summed E-state index contributed by atoms with van der Waals surface area (Å²) in [6.07, 6.45) is 12.4. The van der Waals surface area contributed by atoms with E-state index in [1.54, 1.807) is 0 Å². The highest BCUT2D eigenvalue weighted by molar-refractivity contribution is 5.04. The minimum atomic E-state index is 0.470. The van der Waals surface area contributed by atoms with Crippen molar-refractivity contribution in [2.75, 3.05) is 0 Å². The van der Waals surface area contributed by atoms with Gasteiger partial charge in [0.15, 0.2) is 0 Å². The maximum absolute atomic E-state index is 5.61. The number of epoxide rings is 1. The van der Waals surface area contributed by atoms with Crippen molar-refractivity contribution in [1.29, 1.82) is 0 Å². The van der Waals surface area contributed by atoms with Gasteiger partial charge in [0.25, 0.3) is 0 Å². The van der Waals surface area contributed by atoms with Gasteiger partial charge in [-0.15, -0.1) is 0 Å². The van der Waals surface area contributed by atoms with E-state index in [1.165, 1.54) is 32.1 Å². The minimum Gasteiger partial charge on any atom is -0.365 e. The predicted molar refractivity (Wildman–Crippen MR) is 50.1 cm³/mol. The summed E-state index contributed by atoms with van der Waals surface area (Å²) in [6, 6.07) is 0. The molecule has 12 heavy (non-hydrogen) atoms. The molecule has 2 atom stereocenters. The van der Waals surface area contributed by atoms with Crippen LogP contribution in [0.4, 0.5) is 0 Å². The monoisotopic (exact) mass is 166 g/mol. The first-order valence-corrected chi connectivity index (χ1v) is 5.20. The quantitative estimate of drug-likeness (QED) is 0.454. The van der Waals surface area contributed by atoms with Gasteiger partial charge >= 0.3 is 0 Å². The van der Waals surface area contributed by atoms with E-state index in [4.69, 9.17) is 4.74 Å². The second-order valence-electron chi connectivity index (χ2n) is 3.99. The van der Waals surface area contributed by atoms with Crippen LogP contribution in [0.15, 0.2) is 12.2 Å². The molecule has 1 heteroatoms. The maximum atomic E-state index is 5.61. The summed E-state index contributed by atoms with van der Waals surface area (Å²) >= 11 is 0. The van der Waals surface area contributed by atoms with Crippen LogP contribution < -0.4 is 0 Å². The first kappa shape index (κ1) is 8.31. The van der Waals surface area contributed by atoms with Crippen molar-refractivity contribution < 1.29 is 4.74 Å². The van der Waals surface area contributed by atoms with E-state index in [9.17, 15) is 0 Å². The van der Waals surface area contributed by atoms with Crippen molar-refractivity contribution in [3.05, 3.63) is 12.2 Å². The standard InChI is InChI=1S/C11H18O/c1-2-6-10-11(12-10)9-7-4-3-5-8-9/h2,6,9-11H,3-5,7-8H2,1H3/b6-2+/t10-,11-/m1/s1. The van der Waals surface area contributed by atoms with Gasteiger partial charge in [0, 0.05) is 0 Å². The topological polar surface area (TPSA) is 12.5 Å². The largest absolute Gasteiger partial charge is 0.365 e. The lowest BCUT2D eigenvalue weighted by molar-refractivity contribution is 0.264. The van der Waals surface area contributed by atoms with Crippen LogP contribution in [0.3, 0.4) is 0 Å². The fraction of sp³-hybridized carbons (Fsp3) is 0.818. The van der Waals surface area contributed by atoms with Crippen LogP contribution in [0, 0.1) is 5.92 Å². The normalized spacial score (nSPS) is 37.4. The molecule has 68 valence electrons. The van der Waals surface area contributed by atoms with E-state index in [0.717, 1.165) is 5.92 Å². The summed E-state index contributed by atoms with van der Waals surface area (Å²) < 4.78 is 5.61. The highest BCUT2D eigenvalue weighted by atomic mass is 16.6. The van der Waals surface area contributed by atoms with Gasteiger partial charge in [0.05, 0.1) is 6.10 Å². The van der Waals surface area contributed by atoms with Crippen LogP contribution >= 0.6 is 0 Å². The SMILES string of the molecule is C/C=C/[C@H]1O[C@@H]1C1CCCCC1. The predicted octanol–water partition coefficient (Wildman–Crippen LogP) is 2.91. The van der Waals surface area contributed by atoms with E-state index < -0.39 is 0 Å². The number of rotatable bonds is 2. The third-order valence-corrected chi connectivity index (χ3v) is 3.06. The first-order chi connectivity index (χ1) is 5.92. The van der Waals surface area contributed by atoms with Gasteiger partial charge < -0.3 is 4.74 Å². The highest BCUT2D eigenvalue weighted by Gasteiger charge is 2.42. The number of hydrogen-bond donors (Lipinski definition) is 0. The molecule has 0 radical (unpaired) electrons. The Morgan fingerprint density at radius 3 is 2.58 bits per heavy atom. The van der Waals surface area contributed by atoms with E-state index in [2.05, 4.69) is 19.1 Å². The van der Waals surface area contributed by atoms with Crippen LogP contribution in [0.2, 0.25) is 0 Å². The summed E-state index contributed by atoms with van der Waals surface area (Å²) in [4.78, 5) is 0. The smallest absolute Gasteiger partial charge is 0.103 e. The molecule has 0 N–H and O–H groups in total. The Hall–Kier alpha value is -0.300. The molecule has 0 spiro atoms. The van der Waals surface area contributed by atoms with Crippen molar-refractivity contribution in [1.82, 2.24) is 0 Å². The highest BCUT2D eigenvalue weighted by Crippen LogP contribution is 2.38. The fourth-order valence-corrected chi connectivity index (χ4v) is 2.32. The second kappa shape index (κ2) is 3.61. The van der Waals surface area contributed by atoms with Crippen LogP contribution in [-0.4, -0.2) is 12.2 Å². The van der Waals surface area contributed by atoms with Crippen molar-refractivity contribution >= 4 is 0 Å². The van der Waals surface area contributed by atoms with Gasteiger partial charge in [-0.3, -0.25) is 0 Å². The zero-order valence-corrected chi connectivity index (χ0v) is 7.83. The molecule has 0 aromatic heterocycles. The molecular formula is C11H18O. The van der Waals surface area contributed by atoms with Gasteiger partial charge in [-0.2, -0.15) is 0 Å². The molecule has 1 heterocycles. The molecule has 1 aliphatic carbocycles. The minimum absolute atomic E-state index is 0.470. The van der Waals surface area contributed by atoms with E-state index >= 15 is 0 Å². The average molecular weight is 166 g/mol. The van der Waals surface area contributed by atoms with E-state index in [-0.39, 0.29) is 0 Å². The second-order valence-corrected chi connectivity index (χ2v) is 3.99. The fourth-order valence-electron chi connectivity index (χ4n) is 2.32. The Labute approximate surface area is 74.8 Å². The summed E-state index contributed by atoms with van der Waals surface area (Å²) in [7, 11) is 0. The molecule has 2 fully saturated rings. The van der Waals surface area contributed by atoms with Crippen LogP contribution in [0.1, 0.15) is 39.0 Å². The molecule has 0 aromatic rings. The maximum Gasteiger partial charge on any atom is 0.103 e. The summed E-state index contributed by atoms with van der Waals surface area (Å²) in [5.74, 6) is 0.875. The van der Waals surface area contributed by atoms with Crippen LogP contribution in [0.5, 0.6) is 0 Å². The van der Waals surface area contributed by atoms with Gasteiger partial charge in [-0.25, -0.2) is 0 Å². The lowest BCUT2D eigenvalue weighted by Crippen LogP contribution is -2.13. The lowest BCUT2D eigenvalue weighted by atomic mass is 9.86. The molecule has 2 aliphatic rings. The third kappa shape index (κ3) is 1.71. The molecule has 0 aromatic carbocycles. The summed E-state index contributed by atoms with van der Waals surface area (Å²) in [6.45, 7) is 2.07.